The molecule has 10 heterocycles. The molecular weight excluding hydrogens is 1630 g/mol. The maximum atomic E-state index is 6.28. The first kappa shape index (κ1) is 88.9. The maximum Gasteiger partial charge on any atom is 0.295 e. The number of para-hydroxylation sites is 5. The Morgan fingerprint density at radius 3 is 1.38 bits per heavy atom. The van der Waals surface area contributed by atoms with Crippen molar-refractivity contribution >= 4 is 104 Å². The third-order valence-electron chi connectivity index (χ3n) is 27.0. The fourth-order valence-corrected chi connectivity index (χ4v) is 20.2. The van der Waals surface area contributed by atoms with Crippen molar-refractivity contribution in [2.24, 2.45) is 35.2 Å². The normalized spacial score (nSPS) is 11.7. The van der Waals surface area contributed by atoms with E-state index in [0.717, 1.165) is 60.9 Å². The van der Waals surface area contributed by atoms with Crippen LogP contribution in [-0.4, -0.2) is 23.5 Å². The van der Waals surface area contributed by atoms with Gasteiger partial charge in [-0.2, -0.15) is 13.5 Å². The smallest absolute Gasteiger partial charge is 0.295 e. The monoisotopic (exact) mass is 1750 g/mol. The number of furan rings is 2. The van der Waals surface area contributed by atoms with Gasteiger partial charge in [0.1, 0.15) is 49.6 Å². The molecule has 10 aromatic heterocycles. The molecule has 0 aliphatic rings. The van der Waals surface area contributed by atoms with E-state index in [-0.39, 0.29) is 0 Å². The summed E-state index contributed by atoms with van der Waals surface area (Å²) in [6.07, 6.45) is 10.9. The summed E-state index contributed by atoms with van der Waals surface area (Å²) in [5.74, 6) is 4.31. The Hall–Kier alpha value is -14.8. The Bertz CT molecular complexity index is 8200. The van der Waals surface area contributed by atoms with E-state index in [0.29, 0.717) is 35.1 Å². The molecule has 0 aliphatic carbocycles. The molecule has 0 radical (unpaired) electrons. The van der Waals surface area contributed by atoms with Crippen LogP contribution in [0.3, 0.4) is 0 Å². The van der Waals surface area contributed by atoms with Crippen LogP contribution in [0.5, 0.6) is 0 Å². The molecule has 22 aromatic rings. The van der Waals surface area contributed by atoms with Gasteiger partial charge in [0, 0.05) is 89.0 Å². The number of aromatic nitrogens is 10. The lowest BCUT2D eigenvalue weighted by Gasteiger charge is -2.18. The van der Waals surface area contributed by atoms with Crippen LogP contribution in [0.15, 0.2) is 319 Å². The molecule has 0 unspecified atom stereocenters. The lowest BCUT2D eigenvalue weighted by atomic mass is 9.92. The zero-order valence-corrected chi connectivity index (χ0v) is 81.0. The molecule has 0 bridgehead atoms. The Labute approximate surface area is 781 Å². The summed E-state index contributed by atoms with van der Waals surface area (Å²) in [6.45, 7) is 37.5. The Morgan fingerprint density at radius 2 is 0.782 bits per heavy atom. The summed E-state index contributed by atoms with van der Waals surface area (Å²) >= 11 is 0. The SMILES string of the molecule is Cc1ccc2c(n1)oc1c(-c3c4ccccc4cc[n+]3C)c(C)ccc12.Cc1ccc2c(n1)oc1c(-c3cc4ccccc4c[n+]3C)c(C)ccc12.Cc1cccc(C)c1-c1c[n+](C)c2c3c(C)cccc3c3ccccc3n12.Cc1ccccc1-c1n(-c2c(C(C)C)cccc2C(C)C)c2ccccc2[n+]1C.Cc1ccccc1-c1n(-c2c(C(C)C)cccc2C(C)C)cc[n+]1C. The maximum absolute atomic E-state index is 6.28. The minimum absolute atomic E-state index is 0.444. The van der Waals surface area contributed by atoms with Gasteiger partial charge < -0.3 is 8.83 Å². The molecule has 12 heteroatoms. The van der Waals surface area contributed by atoms with Crippen molar-refractivity contribution in [2.45, 2.75) is 141 Å². The van der Waals surface area contributed by atoms with E-state index in [2.05, 4.69) is 483 Å². The van der Waals surface area contributed by atoms with Crippen molar-refractivity contribution < 1.29 is 31.7 Å². The van der Waals surface area contributed by atoms with Gasteiger partial charge >= 0.3 is 0 Å². The van der Waals surface area contributed by atoms with Crippen LogP contribution in [0.4, 0.5) is 0 Å². The summed E-state index contributed by atoms with van der Waals surface area (Å²) in [5.41, 5.74) is 37.0. The van der Waals surface area contributed by atoms with Crippen molar-refractivity contribution in [1.29, 1.82) is 0 Å². The first-order valence-electron chi connectivity index (χ1n) is 46.8. The van der Waals surface area contributed by atoms with Crippen LogP contribution in [0, 0.1) is 62.3 Å². The molecular formula is C121H121N10O2+5. The largest absolute Gasteiger partial charge is 0.437 e. The molecule has 0 amide bonds. The highest BCUT2D eigenvalue weighted by Gasteiger charge is 2.34. The molecule has 0 N–H and O–H groups in total. The predicted octanol–water partition coefficient (Wildman–Crippen LogP) is 28.3. The molecule has 0 fully saturated rings. The highest BCUT2D eigenvalue weighted by molar-refractivity contribution is 6.14. The molecule has 12 aromatic carbocycles. The summed E-state index contributed by atoms with van der Waals surface area (Å²) in [5, 5.41) is 13.2. The fraction of sp³-hybridized carbons (Fsp3) is 0.215. The van der Waals surface area contributed by atoms with Crippen molar-refractivity contribution in [3.8, 4) is 67.9 Å². The Morgan fingerprint density at radius 1 is 0.323 bits per heavy atom. The van der Waals surface area contributed by atoms with Gasteiger partial charge in [0.05, 0.1) is 54.2 Å². The van der Waals surface area contributed by atoms with Gasteiger partial charge in [0.2, 0.25) is 22.8 Å². The Kier molecular flexibility index (Phi) is 24.4. The molecule has 662 valence electrons. The van der Waals surface area contributed by atoms with Crippen molar-refractivity contribution in [3.63, 3.8) is 0 Å². The van der Waals surface area contributed by atoms with E-state index in [9.17, 15) is 0 Å². The van der Waals surface area contributed by atoms with Gasteiger partial charge in [-0.25, -0.2) is 32.8 Å². The van der Waals surface area contributed by atoms with Gasteiger partial charge in [-0.15, -0.1) is 0 Å². The van der Waals surface area contributed by atoms with Crippen molar-refractivity contribution in [1.82, 2.24) is 23.5 Å². The zero-order chi connectivity index (χ0) is 93.2. The van der Waals surface area contributed by atoms with Crippen LogP contribution in [0.25, 0.3) is 172 Å². The number of hydrogen-bond acceptors (Lipinski definition) is 4. The van der Waals surface area contributed by atoms with Crippen LogP contribution in [0.1, 0.15) is 152 Å². The second kappa shape index (κ2) is 36.5. The number of aryl methyl sites for hydroxylation is 14. The van der Waals surface area contributed by atoms with E-state index in [1.807, 2.05) is 26.0 Å². The number of nitrogens with zero attached hydrogens (tertiary/aromatic N) is 10. The van der Waals surface area contributed by atoms with Gasteiger partial charge in [-0.3, -0.25) is 0 Å². The third-order valence-corrected chi connectivity index (χ3v) is 27.0. The first-order chi connectivity index (χ1) is 64.1. The summed E-state index contributed by atoms with van der Waals surface area (Å²) in [7, 11) is 10.7. The number of fused-ring (bicyclic) bond motifs is 15. The molecule has 12 nitrogen and oxygen atoms in total. The number of imidazole rings is 3. The molecule has 0 aliphatic heterocycles. The lowest BCUT2D eigenvalue weighted by Crippen LogP contribution is -2.30. The van der Waals surface area contributed by atoms with Crippen molar-refractivity contribution in [2.75, 3.05) is 0 Å². The first-order valence-corrected chi connectivity index (χ1v) is 46.8. The minimum atomic E-state index is 0.444. The predicted molar refractivity (Wildman–Crippen MR) is 552 cm³/mol. The second-order valence-corrected chi connectivity index (χ2v) is 37.5. The fourth-order valence-electron chi connectivity index (χ4n) is 20.2. The van der Waals surface area contributed by atoms with E-state index >= 15 is 0 Å². The summed E-state index contributed by atoms with van der Waals surface area (Å²) in [4.78, 5) is 9.16. The number of rotatable bonds is 11. The minimum Gasteiger partial charge on any atom is -0.437 e. The van der Waals surface area contributed by atoms with Crippen LogP contribution < -0.4 is 22.8 Å². The third kappa shape index (κ3) is 16.3. The Balaban J connectivity index is 0.000000111. The van der Waals surface area contributed by atoms with Crippen LogP contribution in [-0.2, 0) is 35.2 Å². The van der Waals surface area contributed by atoms with Crippen LogP contribution >= 0.6 is 0 Å². The quantitative estimate of drug-likeness (QED) is 0.0954. The summed E-state index contributed by atoms with van der Waals surface area (Å²) < 4.78 is 31.1. The lowest BCUT2D eigenvalue weighted by molar-refractivity contribution is -0.659. The average Bonchev–Trinajstić information content (AvgIpc) is 1.58. The highest BCUT2D eigenvalue weighted by Crippen LogP contribution is 2.44. The molecule has 0 spiro atoms. The average molecular weight is 1750 g/mol. The number of hydrogen-bond donors (Lipinski definition) is 0. The molecule has 0 atom stereocenters. The summed E-state index contributed by atoms with van der Waals surface area (Å²) in [6, 6.07) is 99.8. The molecule has 0 saturated heterocycles. The van der Waals surface area contributed by atoms with E-state index in [1.54, 1.807) is 0 Å². The van der Waals surface area contributed by atoms with Crippen molar-refractivity contribution in [3.05, 3.63) is 383 Å². The van der Waals surface area contributed by atoms with Gasteiger partial charge in [0.15, 0.2) is 40.3 Å². The zero-order valence-electron chi connectivity index (χ0n) is 81.0. The second-order valence-electron chi connectivity index (χ2n) is 37.5. The number of benzene rings is 12. The topological polar surface area (TPSA) is 85.7 Å². The van der Waals surface area contributed by atoms with E-state index in [4.69, 9.17) is 8.83 Å². The highest BCUT2D eigenvalue weighted by atomic mass is 16.3. The van der Waals surface area contributed by atoms with Gasteiger partial charge in [-0.05, 0) is 202 Å². The number of pyridine rings is 5. The molecule has 0 saturated carbocycles. The standard InChI is InChI=1S/C27H31N2.C25H23N2.2C23H19N2O.C23H29N2/c1-18(2)21-14-11-15-22(19(3)4)26(21)29-25-17-10-9-16-24(25)28(6)27(29)23-13-8-7-12-20(23)5;1-16-9-7-10-17(2)23(16)22-15-26(4)25-24-18(3)11-8-13-20(24)19-12-5-6-14-21(19)27(22)25;1-14-8-10-18-19-11-9-15(2)24-23(19)26-22(18)21(14)20-12-16-6-4-5-7-17(16)13-25(20)3;1-14-8-10-18-19-11-9-15(2)24-23(19)26-22(18)20(14)21-17-7-5-4-6-16(17)12-13-25(21)3;1-16(2)19-12-9-13-20(17(3)4)22(19)25-15-14-24(6)23(25)21-11-8-7-10-18(21)5/h7-19H,1-6H3;5-15H,1-4H3;2*4-13H,1-3H3;7-17H,1-6H3/q5*+1. The van der Waals surface area contributed by atoms with Gasteiger partial charge in [-0.1, -0.05) is 256 Å². The van der Waals surface area contributed by atoms with Crippen LogP contribution in [0.2, 0.25) is 0 Å². The molecule has 22 rings (SSSR count). The van der Waals surface area contributed by atoms with E-state index < -0.39 is 0 Å². The van der Waals surface area contributed by atoms with E-state index in [1.165, 1.54) is 172 Å². The van der Waals surface area contributed by atoms with Gasteiger partial charge in [0.25, 0.3) is 17.3 Å². The molecule has 133 heavy (non-hydrogen) atoms.